The Morgan fingerprint density at radius 1 is 1.06 bits per heavy atom. The van der Waals surface area contributed by atoms with E-state index in [2.05, 4.69) is 31.2 Å². The highest BCUT2D eigenvalue weighted by Crippen LogP contribution is 2.34. The summed E-state index contributed by atoms with van der Waals surface area (Å²) in [6.45, 7) is 0.952. The molecule has 0 spiro atoms. The highest BCUT2D eigenvalue weighted by molar-refractivity contribution is 7.10. The van der Waals surface area contributed by atoms with Crippen molar-refractivity contribution in [2.24, 2.45) is 0 Å². The van der Waals surface area contributed by atoms with E-state index in [1.54, 1.807) is 23.7 Å². The van der Waals surface area contributed by atoms with Crippen molar-refractivity contribution in [1.82, 2.24) is 19.7 Å². The maximum absolute atomic E-state index is 4.35. The van der Waals surface area contributed by atoms with Gasteiger partial charge in [0.05, 0.1) is 0 Å². The summed E-state index contributed by atoms with van der Waals surface area (Å²) in [5, 5.41) is 10.8. The van der Waals surface area contributed by atoms with Crippen LogP contribution in [0, 0.1) is 0 Å². The lowest BCUT2D eigenvalue weighted by Gasteiger charge is -2.15. The number of fused-ring (bicyclic) bond motifs is 3. The third kappa shape index (κ3) is 1.34. The van der Waals surface area contributed by atoms with E-state index >= 15 is 0 Å². The number of rotatable bonds is 1. The molecule has 4 rings (SSSR count). The van der Waals surface area contributed by atoms with Crippen molar-refractivity contribution in [3.05, 3.63) is 40.8 Å². The summed E-state index contributed by atoms with van der Waals surface area (Å²) in [6, 6.07) is 6.08. The molecule has 88 valence electrons. The smallest absolute Gasteiger partial charge is 0.165 e. The van der Waals surface area contributed by atoms with Crippen molar-refractivity contribution in [1.29, 1.82) is 0 Å². The first-order valence-corrected chi connectivity index (χ1v) is 6.72. The van der Waals surface area contributed by atoms with Crippen LogP contribution in [-0.2, 0) is 13.0 Å². The summed E-state index contributed by atoms with van der Waals surface area (Å²) in [5.74, 6) is 1.92. The van der Waals surface area contributed by atoms with Gasteiger partial charge >= 0.3 is 0 Å². The molecule has 0 bridgehead atoms. The lowest BCUT2D eigenvalue weighted by atomic mass is 10.1. The SMILES string of the molecule is c1cc(-c2nnc3n2CCc2sccc2-3)ccn1. The molecule has 1 aliphatic rings. The zero-order valence-electron chi connectivity index (χ0n) is 9.58. The average Bonchev–Trinajstić information content (AvgIpc) is 3.05. The first-order chi connectivity index (χ1) is 8.93. The molecule has 0 fully saturated rings. The fourth-order valence-corrected chi connectivity index (χ4v) is 3.24. The van der Waals surface area contributed by atoms with Crippen molar-refractivity contribution in [3.8, 4) is 22.8 Å². The van der Waals surface area contributed by atoms with Gasteiger partial charge in [-0.25, -0.2) is 0 Å². The van der Waals surface area contributed by atoms with Gasteiger partial charge in [-0.1, -0.05) is 0 Å². The third-order valence-electron chi connectivity index (χ3n) is 3.24. The zero-order valence-corrected chi connectivity index (χ0v) is 10.4. The minimum Gasteiger partial charge on any atom is -0.307 e. The molecule has 18 heavy (non-hydrogen) atoms. The molecule has 0 aliphatic carbocycles. The van der Waals surface area contributed by atoms with Crippen molar-refractivity contribution >= 4 is 11.3 Å². The van der Waals surface area contributed by atoms with Crippen LogP contribution in [0.4, 0.5) is 0 Å². The highest BCUT2D eigenvalue weighted by atomic mass is 32.1. The summed E-state index contributed by atoms with van der Waals surface area (Å²) in [5.41, 5.74) is 2.31. The van der Waals surface area contributed by atoms with Crippen LogP contribution in [0.3, 0.4) is 0 Å². The van der Waals surface area contributed by atoms with E-state index in [1.165, 1.54) is 10.4 Å². The van der Waals surface area contributed by atoms with Crippen LogP contribution in [-0.4, -0.2) is 19.7 Å². The zero-order chi connectivity index (χ0) is 11.9. The molecule has 0 aromatic carbocycles. The maximum atomic E-state index is 4.35. The lowest BCUT2D eigenvalue weighted by Crippen LogP contribution is -2.10. The van der Waals surface area contributed by atoms with Gasteiger partial charge in [-0.3, -0.25) is 4.98 Å². The molecule has 0 amide bonds. The fraction of sp³-hybridized carbons (Fsp3) is 0.154. The first-order valence-electron chi connectivity index (χ1n) is 5.84. The third-order valence-corrected chi connectivity index (χ3v) is 4.22. The molecule has 3 aromatic heterocycles. The van der Waals surface area contributed by atoms with Crippen LogP contribution in [0.5, 0.6) is 0 Å². The number of pyridine rings is 1. The average molecular weight is 254 g/mol. The van der Waals surface area contributed by atoms with Gasteiger partial charge in [0.25, 0.3) is 0 Å². The van der Waals surface area contributed by atoms with Gasteiger partial charge in [0.2, 0.25) is 0 Å². The van der Waals surface area contributed by atoms with Crippen molar-refractivity contribution in [2.45, 2.75) is 13.0 Å². The minimum atomic E-state index is 0.934. The van der Waals surface area contributed by atoms with Gasteiger partial charge < -0.3 is 4.57 Å². The Balaban J connectivity index is 1.91. The van der Waals surface area contributed by atoms with Crippen LogP contribution in [0.1, 0.15) is 4.88 Å². The van der Waals surface area contributed by atoms with E-state index in [0.29, 0.717) is 0 Å². The van der Waals surface area contributed by atoms with E-state index in [4.69, 9.17) is 0 Å². The van der Waals surface area contributed by atoms with Gasteiger partial charge in [-0.2, -0.15) is 0 Å². The molecule has 0 saturated carbocycles. The molecule has 1 aliphatic heterocycles. The summed E-state index contributed by atoms with van der Waals surface area (Å²) in [6.07, 6.45) is 4.64. The second kappa shape index (κ2) is 3.74. The number of aryl methyl sites for hydroxylation is 1. The quantitative estimate of drug-likeness (QED) is 0.670. The van der Waals surface area contributed by atoms with Crippen LogP contribution < -0.4 is 0 Å². The predicted molar refractivity (Wildman–Crippen MR) is 70.3 cm³/mol. The summed E-state index contributed by atoms with van der Waals surface area (Å²) in [4.78, 5) is 5.45. The molecule has 0 unspecified atom stereocenters. The van der Waals surface area contributed by atoms with Gasteiger partial charge in [0.1, 0.15) is 0 Å². The molecule has 5 heteroatoms. The van der Waals surface area contributed by atoms with Gasteiger partial charge in [-0.05, 0) is 23.6 Å². The Hall–Kier alpha value is -2.01. The Morgan fingerprint density at radius 2 is 1.89 bits per heavy atom. The number of nitrogens with zero attached hydrogens (tertiary/aromatic N) is 4. The lowest BCUT2D eigenvalue weighted by molar-refractivity contribution is 0.696. The van der Waals surface area contributed by atoms with E-state index in [-0.39, 0.29) is 0 Å². The van der Waals surface area contributed by atoms with Crippen LogP contribution >= 0.6 is 11.3 Å². The van der Waals surface area contributed by atoms with Crippen LogP contribution in [0.15, 0.2) is 36.0 Å². The summed E-state index contributed by atoms with van der Waals surface area (Å²) >= 11 is 1.80. The minimum absolute atomic E-state index is 0.934. The Labute approximate surface area is 108 Å². The number of hydrogen-bond acceptors (Lipinski definition) is 4. The fourth-order valence-electron chi connectivity index (χ4n) is 2.38. The largest absolute Gasteiger partial charge is 0.307 e. The topological polar surface area (TPSA) is 43.6 Å². The van der Waals surface area contributed by atoms with Crippen molar-refractivity contribution in [2.75, 3.05) is 0 Å². The molecular weight excluding hydrogens is 244 g/mol. The molecule has 0 saturated heterocycles. The van der Waals surface area contributed by atoms with E-state index < -0.39 is 0 Å². The molecule has 0 radical (unpaired) electrons. The highest BCUT2D eigenvalue weighted by Gasteiger charge is 2.22. The van der Waals surface area contributed by atoms with Crippen LogP contribution in [0.2, 0.25) is 0 Å². The second-order valence-electron chi connectivity index (χ2n) is 4.24. The monoisotopic (exact) mass is 254 g/mol. The summed E-state index contributed by atoms with van der Waals surface area (Å²) in [7, 11) is 0. The van der Waals surface area contributed by atoms with Gasteiger partial charge in [0, 0.05) is 41.4 Å². The van der Waals surface area contributed by atoms with Gasteiger partial charge in [-0.15, -0.1) is 21.5 Å². The summed E-state index contributed by atoms with van der Waals surface area (Å²) < 4.78 is 2.20. The number of thiophene rings is 1. The van der Waals surface area contributed by atoms with Crippen molar-refractivity contribution < 1.29 is 0 Å². The Bertz CT molecular complexity index is 699. The molecule has 0 atom stereocenters. The van der Waals surface area contributed by atoms with E-state index in [1.807, 2.05) is 12.1 Å². The van der Waals surface area contributed by atoms with E-state index in [9.17, 15) is 0 Å². The second-order valence-corrected chi connectivity index (χ2v) is 5.24. The Kier molecular flexibility index (Phi) is 2.07. The maximum Gasteiger partial charge on any atom is 0.165 e. The number of hydrogen-bond donors (Lipinski definition) is 0. The molecular formula is C13H10N4S. The van der Waals surface area contributed by atoms with E-state index in [0.717, 1.165) is 30.2 Å². The molecule has 0 N–H and O–H groups in total. The van der Waals surface area contributed by atoms with Gasteiger partial charge in [0.15, 0.2) is 11.6 Å². The predicted octanol–water partition coefficient (Wildman–Crippen LogP) is 2.62. The molecule has 4 nitrogen and oxygen atoms in total. The normalized spacial score (nSPS) is 13.1. The number of aromatic nitrogens is 4. The molecule has 4 heterocycles. The molecule has 3 aromatic rings. The first kappa shape index (κ1) is 9.96. The van der Waals surface area contributed by atoms with Crippen molar-refractivity contribution in [3.63, 3.8) is 0 Å². The standard InChI is InChI=1S/C13H10N4S/c1-5-14-6-2-9(1)12-15-16-13-10-4-8-18-11(10)3-7-17(12)13/h1-2,4-6,8H,3,7H2. The Morgan fingerprint density at radius 3 is 2.78 bits per heavy atom. The van der Waals surface area contributed by atoms with Crippen LogP contribution in [0.25, 0.3) is 22.8 Å².